The number of hydrogen-bond donors (Lipinski definition) is 1. The lowest BCUT2D eigenvalue weighted by atomic mass is 10.1. The van der Waals surface area contributed by atoms with E-state index in [1.807, 2.05) is 48.5 Å². The Labute approximate surface area is 132 Å². The van der Waals surface area contributed by atoms with E-state index in [1.54, 1.807) is 12.1 Å². The quantitative estimate of drug-likeness (QED) is 0.810. The molecule has 0 heterocycles. The molecule has 0 radical (unpaired) electrons. The predicted octanol–water partition coefficient (Wildman–Crippen LogP) is 2.05. The van der Waals surface area contributed by atoms with Crippen LogP contribution in [0.25, 0.3) is 0 Å². The molecule has 0 fully saturated rings. The Morgan fingerprint density at radius 1 is 0.818 bits per heavy atom. The first-order valence-electron chi connectivity index (χ1n) is 7.28. The molecule has 0 amide bonds. The van der Waals surface area contributed by atoms with Crippen LogP contribution in [0.2, 0.25) is 0 Å². The summed E-state index contributed by atoms with van der Waals surface area (Å²) in [6.07, 6.45) is 0.634. The second-order valence-corrected chi connectivity index (χ2v) is 7.07. The van der Waals surface area contributed by atoms with Gasteiger partial charge in [-0.25, -0.2) is 8.42 Å². The summed E-state index contributed by atoms with van der Waals surface area (Å²) in [6.45, 7) is 0.324. The highest BCUT2D eigenvalue weighted by molar-refractivity contribution is 7.88. The third kappa shape index (κ3) is 4.94. The number of aliphatic hydroxyl groups is 1. The summed E-state index contributed by atoms with van der Waals surface area (Å²) in [7, 11) is -3.43. The first-order chi connectivity index (χ1) is 10.6. The summed E-state index contributed by atoms with van der Waals surface area (Å²) in [6, 6.07) is 18.8. The lowest BCUT2D eigenvalue weighted by Gasteiger charge is -2.21. The number of aliphatic hydroxyl groups excluding tert-OH is 1. The summed E-state index contributed by atoms with van der Waals surface area (Å²) in [5.74, 6) is -0.0391. The fourth-order valence-corrected chi connectivity index (χ4v) is 3.80. The third-order valence-corrected chi connectivity index (χ3v) is 5.28. The van der Waals surface area contributed by atoms with Crippen molar-refractivity contribution in [1.29, 1.82) is 0 Å². The minimum absolute atomic E-state index is 0.0391. The Morgan fingerprint density at radius 3 is 1.91 bits per heavy atom. The smallest absolute Gasteiger partial charge is 0.218 e. The van der Waals surface area contributed by atoms with E-state index in [9.17, 15) is 8.42 Å². The molecular weight excluding hydrogens is 298 g/mol. The van der Waals surface area contributed by atoms with Crippen molar-refractivity contribution >= 4 is 10.0 Å². The molecule has 0 aliphatic heterocycles. The van der Waals surface area contributed by atoms with Crippen LogP contribution in [0.4, 0.5) is 0 Å². The summed E-state index contributed by atoms with van der Waals surface area (Å²) in [5.41, 5.74) is 1.84. The third-order valence-electron chi connectivity index (χ3n) is 3.43. The molecular formula is C17H21NO3S. The summed E-state index contributed by atoms with van der Waals surface area (Å²) < 4.78 is 26.4. The molecule has 2 aromatic rings. The number of rotatable bonds is 8. The molecule has 0 bridgehead atoms. The van der Waals surface area contributed by atoms with E-state index in [4.69, 9.17) is 5.11 Å². The molecule has 5 heteroatoms. The van der Waals surface area contributed by atoms with Gasteiger partial charge in [-0.3, -0.25) is 0 Å². The van der Waals surface area contributed by atoms with Gasteiger partial charge in [0.2, 0.25) is 10.0 Å². The van der Waals surface area contributed by atoms with Crippen molar-refractivity contribution in [2.24, 2.45) is 0 Å². The van der Waals surface area contributed by atoms with E-state index in [2.05, 4.69) is 0 Å². The van der Waals surface area contributed by atoms with Gasteiger partial charge in [0.1, 0.15) is 0 Å². The maximum atomic E-state index is 12.5. The number of nitrogens with zero attached hydrogens (tertiary/aromatic N) is 1. The van der Waals surface area contributed by atoms with Gasteiger partial charge in [0, 0.05) is 13.1 Å². The molecule has 2 aromatic carbocycles. The maximum Gasteiger partial charge on any atom is 0.218 e. The van der Waals surface area contributed by atoms with Crippen LogP contribution in [0.15, 0.2) is 60.7 Å². The van der Waals surface area contributed by atoms with Crippen molar-refractivity contribution in [2.75, 3.05) is 19.7 Å². The minimum Gasteiger partial charge on any atom is -0.395 e. The zero-order valence-corrected chi connectivity index (χ0v) is 13.2. The lowest BCUT2D eigenvalue weighted by molar-refractivity contribution is 0.254. The summed E-state index contributed by atoms with van der Waals surface area (Å²) in [4.78, 5) is 0. The number of hydrogen-bond acceptors (Lipinski definition) is 3. The van der Waals surface area contributed by atoms with E-state index in [1.165, 1.54) is 4.31 Å². The van der Waals surface area contributed by atoms with Crippen molar-refractivity contribution in [3.63, 3.8) is 0 Å². The van der Waals surface area contributed by atoms with Crippen LogP contribution >= 0.6 is 0 Å². The second kappa shape index (κ2) is 8.08. The predicted molar refractivity (Wildman–Crippen MR) is 87.9 cm³/mol. The van der Waals surface area contributed by atoms with Crippen molar-refractivity contribution in [3.05, 3.63) is 71.8 Å². The van der Waals surface area contributed by atoms with E-state index in [0.717, 1.165) is 11.1 Å². The van der Waals surface area contributed by atoms with E-state index in [0.29, 0.717) is 13.0 Å². The maximum absolute atomic E-state index is 12.5. The Balaban J connectivity index is 2.05. The zero-order valence-electron chi connectivity index (χ0n) is 12.4. The first-order valence-corrected chi connectivity index (χ1v) is 8.89. The van der Waals surface area contributed by atoms with E-state index < -0.39 is 10.0 Å². The minimum atomic E-state index is -3.43. The van der Waals surface area contributed by atoms with Gasteiger partial charge in [0.05, 0.1) is 12.4 Å². The van der Waals surface area contributed by atoms with Crippen LogP contribution in [0.3, 0.4) is 0 Å². The molecule has 0 saturated carbocycles. The van der Waals surface area contributed by atoms with Gasteiger partial charge in [-0.15, -0.1) is 0 Å². The van der Waals surface area contributed by atoms with Crippen LogP contribution in [-0.4, -0.2) is 37.5 Å². The van der Waals surface area contributed by atoms with E-state index >= 15 is 0 Å². The largest absolute Gasteiger partial charge is 0.395 e. The topological polar surface area (TPSA) is 57.6 Å². The van der Waals surface area contributed by atoms with Crippen LogP contribution < -0.4 is 0 Å². The van der Waals surface area contributed by atoms with Gasteiger partial charge >= 0.3 is 0 Å². The molecule has 0 saturated heterocycles. The highest BCUT2D eigenvalue weighted by Gasteiger charge is 2.21. The van der Waals surface area contributed by atoms with Gasteiger partial charge < -0.3 is 5.11 Å². The Hall–Kier alpha value is -1.69. The van der Waals surface area contributed by atoms with Crippen LogP contribution in [-0.2, 0) is 22.2 Å². The number of sulfonamides is 1. The van der Waals surface area contributed by atoms with Crippen molar-refractivity contribution in [1.82, 2.24) is 4.31 Å². The second-order valence-electron chi connectivity index (χ2n) is 5.10. The van der Waals surface area contributed by atoms with Crippen molar-refractivity contribution < 1.29 is 13.5 Å². The van der Waals surface area contributed by atoms with Crippen LogP contribution in [0.1, 0.15) is 11.1 Å². The van der Waals surface area contributed by atoms with Crippen molar-refractivity contribution in [3.8, 4) is 0 Å². The van der Waals surface area contributed by atoms with Gasteiger partial charge in [-0.05, 0) is 17.5 Å². The molecule has 4 nitrogen and oxygen atoms in total. The fourth-order valence-electron chi connectivity index (χ4n) is 2.28. The molecule has 22 heavy (non-hydrogen) atoms. The zero-order chi connectivity index (χ0) is 15.8. The van der Waals surface area contributed by atoms with E-state index in [-0.39, 0.29) is 18.9 Å². The summed E-state index contributed by atoms with van der Waals surface area (Å²) in [5, 5.41) is 9.16. The normalized spacial score (nSPS) is 11.7. The molecule has 2 rings (SSSR count). The highest BCUT2D eigenvalue weighted by atomic mass is 32.2. The van der Waals surface area contributed by atoms with Crippen molar-refractivity contribution in [2.45, 2.75) is 12.2 Å². The average Bonchev–Trinajstić information content (AvgIpc) is 2.53. The average molecular weight is 319 g/mol. The molecule has 0 spiro atoms. The van der Waals surface area contributed by atoms with Gasteiger partial charge in [0.15, 0.2) is 0 Å². The standard InChI is InChI=1S/C17H21NO3S/c19-14-13-18(12-11-16-7-3-1-4-8-16)22(20,21)15-17-9-5-2-6-10-17/h1-10,19H,11-15H2. The van der Waals surface area contributed by atoms with Gasteiger partial charge in [-0.1, -0.05) is 60.7 Å². The lowest BCUT2D eigenvalue weighted by Crippen LogP contribution is -2.36. The Kier molecular flexibility index (Phi) is 6.12. The van der Waals surface area contributed by atoms with Crippen LogP contribution in [0.5, 0.6) is 0 Å². The molecule has 0 aliphatic rings. The molecule has 0 aromatic heterocycles. The summed E-state index contributed by atoms with van der Waals surface area (Å²) >= 11 is 0. The molecule has 1 N–H and O–H groups in total. The van der Waals surface area contributed by atoms with Gasteiger partial charge in [0.25, 0.3) is 0 Å². The van der Waals surface area contributed by atoms with Crippen LogP contribution in [0, 0.1) is 0 Å². The Bertz CT molecular complexity index is 657. The number of benzene rings is 2. The molecule has 0 atom stereocenters. The SMILES string of the molecule is O=S(=O)(Cc1ccccc1)N(CCO)CCc1ccccc1. The molecule has 0 aliphatic carbocycles. The molecule has 118 valence electrons. The first kappa shape index (κ1) is 16.7. The fraction of sp³-hybridized carbons (Fsp3) is 0.294. The molecule has 0 unspecified atom stereocenters. The Morgan fingerprint density at radius 2 is 1.36 bits per heavy atom. The monoisotopic (exact) mass is 319 g/mol. The van der Waals surface area contributed by atoms with Gasteiger partial charge in [-0.2, -0.15) is 4.31 Å². The highest BCUT2D eigenvalue weighted by Crippen LogP contribution is 2.12.